The molecule has 0 unspecified atom stereocenters. The number of nitrogens with zero attached hydrogens (tertiary/aromatic N) is 4. The molecule has 0 saturated carbocycles. The fraction of sp³-hybridized carbons (Fsp3) is 0.400. The fourth-order valence-corrected chi connectivity index (χ4v) is 6.82. The van der Waals surface area contributed by atoms with Gasteiger partial charge in [-0.2, -0.15) is 13.2 Å². The molecule has 0 aliphatic carbocycles. The quantitative estimate of drug-likeness (QED) is 0.429. The number of thiazole rings is 1. The number of aliphatic hydroxyl groups is 1. The largest absolute Gasteiger partial charge is 0.416 e. The summed E-state index contributed by atoms with van der Waals surface area (Å²) >= 11 is 1.37. The van der Waals surface area contributed by atoms with Gasteiger partial charge in [0.2, 0.25) is 5.91 Å². The second-order valence-corrected chi connectivity index (χ2v) is 12.0. The summed E-state index contributed by atoms with van der Waals surface area (Å²) in [5.74, 6) is -1.17. The van der Waals surface area contributed by atoms with E-state index in [2.05, 4.69) is 4.98 Å². The minimum atomic E-state index is -4.51. The first kappa shape index (κ1) is 28.4. The van der Waals surface area contributed by atoms with Crippen molar-refractivity contribution in [2.75, 3.05) is 31.1 Å². The third kappa shape index (κ3) is 5.17. The zero-order valence-corrected chi connectivity index (χ0v) is 23.5. The lowest BCUT2D eigenvalue weighted by Gasteiger charge is -2.41. The molecule has 4 heterocycles. The molecule has 1 aromatic heterocycles. The molecule has 12 heteroatoms. The Balaban J connectivity index is 1.14. The van der Waals surface area contributed by atoms with Gasteiger partial charge in [-0.25, -0.2) is 4.98 Å². The van der Waals surface area contributed by atoms with Gasteiger partial charge in [0.25, 0.3) is 11.8 Å². The highest BCUT2D eigenvalue weighted by Gasteiger charge is 2.42. The summed E-state index contributed by atoms with van der Waals surface area (Å²) in [6.45, 7) is 1.55. The predicted octanol–water partition coefficient (Wildman–Crippen LogP) is 4.68. The number of aromatic nitrogens is 1. The average Bonchev–Trinajstić information content (AvgIpc) is 3.60. The zero-order valence-electron chi connectivity index (χ0n) is 22.6. The van der Waals surface area contributed by atoms with Crippen LogP contribution in [0, 0.1) is 5.92 Å². The molecule has 3 aliphatic rings. The van der Waals surface area contributed by atoms with Crippen LogP contribution in [0.5, 0.6) is 0 Å². The van der Waals surface area contributed by atoms with E-state index in [-0.39, 0.29) is 61.7 Å². The number of likely N-dealkylation sites (tertiary alicyclic amines) is 1. The van der Waals surface area contributed by atoms with Crippen LogP contribution in [-0.4, -0.2) is 63.8 Å². The average molecular weight is 599 g/mol. The first-order chi connectivity index (χ1) is 20.0. The van der Waals surface area contributed by atoms with Crippen molar-refractivity contribution in [3.8, 4) is 0 Å². The van der Waals surface area contributed by atoms with Crippen LogP contribution in [0.1, 0.15) is 62.5 Å². The molecule has 3 aromatic rings. The Morgan fingerprint density at radius 3 is 2.55 bits per heavy atom. The fourth-order valence-electron chi connectivity index (χ4n) is 6.22. The molecule has 8 nitrogen and oxygen atoms in total. The molecule has 2 aromatic carbocycles. The Labute approximate surface area is 244 Å². The molecule has 2 fully saturated rings. The third-order valence-corrected chi connectivity index (χ3v) is 9.26. The van der Waals surface area contributed by atoms with Crippen molar-refractivity contribution in [2.45, 2.75) is 44.0 Å². The second kappa shape index (κ2) is 10.8. The van der Waals surface area contributed by atoms with Gasteiger partial charge < -0.3 is 14.9 Å². The molecule has 0 radical (unpaired) electrons. The highest BCUT2D eigenvalue weighted by molar-refractivity contribution is 7.09. The van der Waals surface area contributed by atoms with E-state index in [0.717, 1.165) is 12.1 Å². The van der Waals surface area contributed by atoms with E-state index >= 15 is 0 Å². The lowest BCUT2D eigenvalue weighted by atomic mass is 9.83. The molecule has 220 valence electrons. The number of carbonyl (C=O) groups is 3. The Bertz CT molecular complexity index is 1520. The maximum Gasteiger partial charge on any atom is 0.416 e. The number of anilines is 1. The van der Waals surface area contributed by atoms with Crippen LogP contribution in [0.2, 0.25) is 0 Å². The standard InChI is InChI=1S/C30H29F3N4O4S/c31-30(32,33)21-6-1-5-20(16-21)29(41)9-13-35(14-10-29)26(38)19-4-3-12-36(17-19)23-8-2-7-22-25(23)28(40)37(27(22)39)18-24-34-11-15-42-24/h1-2,5-8,11,15-16,19,41H,3-4,9-10,12-14,17-18H2/t19-/m0/s1. The predicted molar refractivity (Wildman–Crippen MR) is 149 cm³/mol. The van der Waals surface area contributed by atoms with Crippen LogP contribution in [0.25, 0.3) is 0 Å². The molecule has 2 saturated heterocycles. The maximum absolute atomic E-state index is 13.6. The molecule has 42 heavy (non-hydrogen) atoms. The molecule has 3 amide bonds. The molecule has 0 spiro atoms. The monoisotopic (exact) mass is 598 g/mol. The van der Waals surface area contributed by atoms with E-state index in [9.17, 15) is 32.7 Å². The van der Waals surface area contributed by atoms with E-state index in [4.69, 9.17) is 0 Å². The Morgan fingerprint density at radius 2 is 1.83 bits per heavy atom. The van der Waals surface area contributed by atoms with Crippen molar-refractivity contribution in [2.24, 2.45) is 5.92 Å². The molecular weight excluding hydrogens is 569 g/mol. The van der Waals surface area contributed by atoms with E-state index in [1.807, 2.05) is 4.90 Å². The lowest BCUT2D eigenvalue weighted by Crippen LogP contribution is -2.50. The number of piperidine rings is 2. The first-order valence-corrected chi connectivity index (χ1v) is 14.7. The number of carbonyl (C=O) groups excluding carboxylic acids is 3. The number of hydrogen-bond acceptors (Lipinski definition) is 7. The summed E-state index contributed by atoms with van der Waals surface area (Å²) in [5, 5.41) is 13.6. The Kier molecular flexibility index (Phi) is 7.30. The van der Waals surface area contributed by atoms with Gasteiger partial charge in [-0.15, -0.1) is 11.3 Å². The molecular formula is C30H29F3N4O4S. The van der Waals surface area contributed by atoms with Crippen molar-refractivity contribution >= 4 is 34.7 Å². The third-order valence-electron chi connectivity index (χ3n) is 8.49. The normalized spacial score (nSPS) is 20.7. The Morgan fingerprint density at radius 1 is 1.07 bits per heavy atom. The minimum Gasteiger partial charge on any atom is -0.385 e. The summed E-state index contributed by atoms with van der Waals surface area (Å²) in [4.78, 5) is 49.2. The van der Waals surface area contributed by atoms with Gasteiger partial charge in [-0.3, -0.25) is 19.3 Å². The summed E-state index contributed by atoms with van der Waals surface area (Å²) < 4.78 is 39.7. The van der Waals surface area contributed by atoms with Crippen LogP contribution < -0.4 is 4.90 Å². The lowest BCUT2D eigenvalue weighted by molar-refractivity contribution is -0.140. The van der Waals surface area contributed by atoms with Crippen molar-refractivity contribution < 1.29 is 32.7 Å². The van der Waals surface area contributed by atoms with Crippen molar-refractivity contribution in [3.05, 3.63) is 81.3 Å². The van der Waals surface area contributed by atoms with E-state index in [0.29, 0.717) is 47.8 Å². The zero-order chi connectivity index (χ0) is 29.6. The second-order valence-electron chi connectivity index (χ2n) is 11.0. The SMILES string of the molecule is O=C([C@H]1CCCN(c2cccc3c2C(=O)N(Cc2nccs2)C3=O)C1)N1CCC(O)(c2cccc(C(F)(F)F)c2)CC1. The van der Waals surface area contributed by atoms with Crippen LogP contribution in [0.3, 0.4) is 0 Å². The molecule has 3 aliphatic heterocycles. The van der Waals surface area contributed by atoms with Gasteiger partial charge in [0.05, 0.1) is 40.4 Å². The van der Waals surface area contributed by atoms with Crippen LogP contribution >= 0.6 is 11.3 Å². The number of halogens is 3. The van der Waals surface area contributed by atoms with Gasteiger partial charge in [-0.05, 0) is 55.5 Å². The van der Waals surface area contributed by atoms with Crippen LogP contribution in [-0.2, 0) is 23.1 Å². The highest BCUT2D eigenvalue weighted by atomic mass is 32.1. The summed E-state index contributed by atoms with van der Waals surface area (Å²) in [6, 6.07) is 9.95. The van der Waals surface area contributed by atoms with E-state index in [1.165, 1.54) is 28.4 Å². The molecule has 0 bridgehead atoms. The van der Waals surface area contributed by atoms with Gasteiger partial charge in [0.1, 0.15) is 5.01 Å². The van der Waals surface area contributed by atoms with Gasteiger partial charge in [0.15, 0.2) is 0 Å². The number of alkyl halides is 3. The van der Waals surface area contributed by atoms with E-state index < -0.39 is 17.3 Å². The highest BCUT2D eigenvalue weighted by Crippen LogP contribution is 2.38. The van der Waals surface area contributed by atoms with Crippen molar-refractivity contribution in [1.82, 2.24) is 14.8 Å². The number of benzene rings is 2. The number of hydrogen-bond donors (Lipinski definition) is 1. The molecule has 1 atom stereocenters. The number of imide groups is 1. The van der Waals surface area contributed by atoms with Gasteiger partial charge in [0, 0.05) is 37.8 Å². The minimum absolute atomic E-state index is 0.0776. The first-order valence-electron chi connectivity index (χ1n) is 13.9. The smallest absolute Gasteiger partial charge is 0.385 e. The van der Waals surface area contributed by atoms with Gasteiger partial charge in [-0.1, -0.05) is 18.2 Å². The van der Waals surface area contributed by atoms with E-state index in [1.54, 1.807) is 34.7 Å². The maximum atomic E-state index is 13.6. The van der Waals surface area contributed by atoms with Crippen LogP contribution in [0.4, 0.5) is 18.9 Å². The Hall–Kier alpha value is -3.77. The van der Waals surface area contributed by atoms with Crippen molar-refractivity contribution in [3.63, 3.8) is 0 Å². The summed E-state index contributed by atoms with van der Waals surface area (Å²) in [5.41, 5.74) is -0.743. The topological polar surface area (TPSA) is 94.1 Å². The van der Waals surface area contributed by atoms with Crippen molar-refractivity contribution in [1.29, 1.82) is 0 Å². The number of rotatable bonds is 5. The summed E-state index contributed by atoms with van der Waals surface area (Å²) in [6.07, 6.45) is -1.24. The van der Waals surface area contributed by atoms with Gasteiger partial charge >= 0.3 is 6.18 Å². The number of fused-ring (bicyclic) bond motifs is 1. The van der Waals surface area contributed by atoms with Crippen LogP contribution in [0.15, 0.2) is 54.0 Å². The summed E-state index contributed by atoms with van der Waals surface area (Å²) in [7, 11) is 0. The molecule has 1 N–H and O–H groups in total. The molecule has 6 rings (SSSR count). The number of amides is 3.